The molecule has 0 radical (unpaired) electrons. The van der Waals surface area contributed by atoms with E-state index in [4.69, 9.17) is 17.3 Å². The number of hydrogen-bond donors (Lipinski definition) is 2. The van der Waals surface area contributed by atoms with Crippen LogP contribution in [0.2, 0.25) is 5.02 Å². The summed E-state index contributed by atoms with van der Waals surface area (Å²) >= 11 is 7.22. The number of benzene rings is 1. The van der Waals surface area contributed by atoms with Crippen LogP contribution >= 0.6 is 22.9 Å². The van der Waals surface area contributed by atoms with Crippen molar-refractivity contribution in [2.24, 2.45) is 0 Å². The highest BCUT2D eigenvalue weighted by Gasteiger charge is 1.98. The van der Waals surface area contributed by atoms with Crippen LogP contribution < -0.4 is 11.1 Å². The van der Waals surface area contributed by atoms with E-state index in [2.05, 4.69) is 10.3 Å². The number of thiazole rings is 1. The maximum absolute atomic E-state index is 5.78. The lowest BCUT2D eigenvalue weighted by Crippen LogP contribution is -1.99. The zero-order valence-electron chi connectivity index (χ0n) is 7.90. The number of nitrogens with zero attached hydrogens (tertiary/aromatic N) is 1. The number of nitrogens with two attached hydrogens (primary N) is 1. The van der Waals surface area contributed by atoms with Gasteiger partial charge in [-0.1, -0.05) is 11.6 Å². The van der Waals surface area contributed by atoms with Crippen molar-refractivity contribution in [3.63, 3.8) is 0 Å². The van der Waals surface area contributed by atoms with Gasteiger partial charge in [0.2, 0.25) is 0 Å². The zero-order chi connectivity index (χ0) is 10.7. The maximum atomic E-state index is 5.78. The van der Waals surface area contributed by atoms with E-state index in [1.807, 2.05) is 29.6 Å². The van der Waals surface area contributed by atoms with Crippen LogP contribution in [0.15, 0.2) is 29.6 Å². The summed E-state index contributed by atoms with van der Waals surface area (Å²) in [6, 6.07) is 7.55. The van der Waals surface area contributed by atoms with Crippen molar-refractivity contribution in [2.45, 2.75) is 6.54 Å². The lowest BCUT2D eigenvalue weighted by atomic mass is 10.3. The fourth-order valence-electron chi connectivity index (χ4n) is 1.16. The summed E-state index contributed by atoms with van der Waals surface area (Å²) in [4.78, 5) is 4.15. The monoisotopic (exact) mass is 239 g/mol. The zero-order valence-corrected chi connectivity index (χ0v) is 9.48. The van der Waals surface area contributed by atoms with Crippen LogP contribution in [-0.2, 0) is 6.54 Å². The van der Waals surface area contributed by atoms with Crippen LogP contribution in [0.25, 0.3) is 0 Å². The molecule has 0 aliphatic carbocycles. The molecule has 78 valence electrons. The van der Waals surface area contributed by atoms with Crippen molar-refractivity contribution in [2.75, 3.05) is 11.1 Å². The Morgan fingerprint density at radius 2 is 2.07 bits per heavy atom. The molecule has 0 amide bonds. The molecule has 0 atom stereocenters. The predicted octanol–water partition coefficient (Wildman–Crippen LogP) is 2.99. The second kappa shape index (κ2) is 4.51. The third-order valence-corrected chi connectivity index (χ3v) is 2.86. The van der Waals surface area contributed by atoms with Crippen LogP contribution in [-0.4, -0.2) is 4.98 Å². The van der Waals surface area contributed by atoms with E-state index in [-0.39, 0.29) is 0 Å². The average molecular weight is 240 g/mol. The first-order valence-corrected chi connectivity index (χ1v) is 5.69. The van der Waals surface area contributed by atoms with Gasteiger partial charge in [-0.05, 0) is 24.3 Å². The van der Waals surface area contributed by atoms with E-state index in [1.165, 1.54) is 11.3 Å². The van der Waals surface area contributed by atoms with Crippen molar-refractivity contribution >= 4 is 33.8 Å². The molecule has 0 aliphatic rings. The Bertz CT molecular complexity index is 438. The molecule has 1 heterocycles. The fourth-order valence-corrected chi connectivity index (χ4v) is 1.85. The van der Waals surface area contributed by atoms with E-state index in [9.17, 15) is 0 Å². The van der Waals surface area contributed by atoms with Gasteiger partial charge >= 0.3 is 0 Å². The van der Waals surface area contributed by atoms with Gasteiger partial charge in [0.1, 0.15) is 0 Å². The maximum Gasteiger partial charge on any atom is 0.180 e. The van der Waals surface area contributed by atoms with Gasteiger partial charge in [0.15, 0.2) is 5.13 Å². The minimum absolute atomic E-state index is 0.600. The Balaban J connectivity index is 1.96. The van der Waals surface area contributed by atoms with Crippen molar-refractivity contribution in [1.29, 1.82) is 0 Å². The van der Waals surface area contributed by atoms with Gasteiger partial charge < -0.3 is 11.1 Å². The average Bonchev–Trinajstić information content (AvgIpc) is 2.64. The fraction of sp³-hybridized carbons (Fsp3) is 0.100. The van der Waals surface area contributed by atoms with Crippen LogP contribution in [0.1, 0.15) is 5.69 Å². The minimum Gasteiger partial charge on any atom is -0.379 e. The van der Waals surface area contributed by atoms with E-state index in [0.717, 1.165) is 16.4 Å². The summed E-state index contributed by atoms with van der Waals surface area (Å²) in [6.45, 7) is 0.676. The van der Waals surface area contributed by atoms with E-state index in [1.54, 1.807) is 0 Å². The lowest BCUT2D eigenvalue weighted by molar-refractivity contribution is 1.08. The first-order valence-electron chi connectivity index (χ1n) is 4.43. The Morgan fingerprint density at radius 3 is 2.67 bits per heavy atom. The smallest absolute Gasteiger partial charge is 0.180 e. The number of hydrogen-bond acceptors (Lipinski definition) is 4. The van der Waals surface area contributed by atoms with Gasteiger partial charge in [0.05, 0.1) is 12.2 Å². The lowest BCUT2D eigenvalue weighted by Gasteiger charge is -2.03. The number of rotatable bonds is 3. The number of aromatic nitrogens is 1. The highest BCUT2D eigenvalue weighted by Crippen LogP contribution is 2.16. The third kappa shape index (κ3) is 2.84. The molecule has 0 saturated heterocycles. The molecule has 2 aromatic rings. The second-order valence-corrected chi connectivity index (χ2v) is 4.36. The summed E-state index contributed by atoms with van der Waals surface area (Å²) in [5, 5.41) is 6.51. The molecule has 0 unspecified atom stereocenters. The van der Waals surface area contributed by atoms with Gasteiger partial charge in [0.25, 0.3) is 0 Å². The van der Waals surface area contributed by atoms with Crippen molar-refractivity contribution in [3.05, 3.63) is 40.4 Å². The Hall–Kier alpha value is -1.26. The van der Waals surface area contributed by atoms with E-state index < -0.39 is 0 Å². The molecule has 5 heteroatoms. The molecule has 2 rings (SSSR count). The Labute approximate surface area is 96.9 Å². The molecule has 1 aromatic heterocycles. The standard InChI is InChI=1S/C10H10ClN3S/c11-7-1-3-8(4-2-7)13-5-9-6-15-10(12)14-9/h1-4,6,13H,5H2,(H2,12,14). The van der Waals surface area contributed by atoms with Gasteiger partial charge in [-0.3, -0.25) is 0 Å². The van der Waals surface area contributed by atoms with Crippen molar-refractivity contribution < 1.29 is 0 Å². The summed E-state index contributed by atoms with van der Waals surface area (Å²) in [7, 11) is 0. The molecule has 0 fully saturated rings. The number of halogens is 1. The summed E-state index contributed by atoms with van der Waals surface area (Å²) in [5.74, 6) is 0. The van der Waals surface area contributed by atoms with Crippen LogP contribution in [0.4, 0.5) is 10.8 Å². The quantitative estimate of drug-likeness (QED) is 0.866. The van der Waals surface area contributed by atoms with E-state index in [0.29, 0.717) is 11.7 Å². The van der Waals surface area contributed by atoms with E-state index >= 15 is 0 Å². The molecule has 1 aromatic carbocycles. The number of anilines is 2. The predicted molar refractivity (Wildman–Crippen MR) is 65.3 cm³/mol. The van der Waals surface area contributed by atoms with Gasteiger partial charge in [-0.15, -0.1) is 11.3 Å². The van der Waals surface area contributed by atoms with Crippen LogP contribution in [0.5, 0.6) is 0 Å². The first-order chi connectivity index (χ1) is 7.24. The van der Waals surface area contributed by atoms with Gasteiger partial charge in [-0.25, -0.2) is 4.98 Å². The molecule has 3 N–H and O–H groups in total. The highest BCUT2D eigenvalue weighted by atomic mass is 35.5. The summed E-state index contributed by atoms with van der Waals surface area (Å²) in [5.41, 5.74) is 7.50. The van der Waals surface area contributed by atoms with Gasteiger partial charge in [-0.2, -0.15) is 0 Å². The summed E-state index contributed by atoms with van der Waals surface area (Å²) < 4.78 is 0. The van der Waals surface area contributed by atoms with Gasteiger partial charge in [0, 0.05) is 16.1 Å². The minimum atomic E-state index is 0.600. The first kappa shape index (κ1) is 10.3. The molecule has 0 saturated carbocycles. The Kier molecular flexibility index (Phi) is 3.08. The van der Waals surface area contributed by atoms with Crippen LogP contribution in [0, 0.1) is 0 Å². The largest absolute Gasteiger partial charge is 0.379 e. The molecule has 3 nitrogen and oxygen atoms in total. The molecule has 0 bridgehead atoms. The highest BCUT2D eigenvalue weighted by molar-refractivity contribution is 7.13. The second-order valence-electron chi connectivity index (χ2n) is 3.04. The molecule has 0 aliphatic heterocycles. The SMILES string of the molecule is Nc1nc(CNc2ccc(Cl)cc2)cs1. The molecule has 0 spiro atoms. The topological polar surface area (TPSA) is 50.9 Å². The third-order valence-electron chi connectivity index (χ3n) is 1.89. The summed E-state index contributed by atoms with van der Waals surface area (Å²) in [6.07, 6.45) is 0. The molecule has 15 heavy (non-hydrogen) atoms. The van der Waals surface area contributed by atoms with Crippen LogP contribution in [0.3, 0.4) is 0 Å². The number of nitrogens with one attached hydrogen (secondary N) is 1. The molecular formula is C10H10ClN3S. The number of nitrogen functional groups attached to an aromatic ring is 1. The Morgan fingerprint density at radius 1 is 1.33 bits per heavy atom. The van der Waals surface area contributed by atoms with Crippen molar-refractivity contribution in [1.82, 2.24) is 4.98 Å². The molecular weight excluding hydrogens is 230 g/mol. The van der Waals surface area contributed by atoms with Crippen molar-refractivity contribution in [3.8, 4) is 0 Å². The normalized spacial score (nSPS) is 10.2.